The molecule has 1 N–H and O–H groups in total. The Morgan fingerprint density at radius 2 is 1.95 bits per heavy atom. The zero-order chi connectivity index (χ0) is 14.8. The Bertz CT molecular complexity index is 763. The van der Waals surface area contributed by atoms with Crippen LogP contribution in [0.4, 0.5) is 0 Å². The fourth-order valence-electron chi connectivity index (χ4n) is 2.68. The fourth-order valence-corrected chi connectivity index (χ4v) is 2.90. The molecule has 0 radical (unpaired) electrons. The molecule has 0 saturated carbocycles. The van der Waals surface area contributed by atoms with Gasteiger partial charge in [-0.25, -0.2) is 0 Å². The third-order valence-electron chi connectivity index (χ3n) is 3.70. The smallest absolute Gasteiger partial charge is 0.153 e. The predicted molar refractivity (Wildman–Crippen MR) is 88.8 cm³/mol. The maximum Gasteiger partial charge on any atom is 0.153 e. The van der Waals surface area contributed by atoms with Gasteiger partial charge in [0.15, 0.2) is 5.58 Å². The summed E-state index contributed by atoms with van der Waals surface area (Å²) >= 11 is 6.20. The molecule has 3 aromatic rings. The lowest BCUT2D eigenvalue weighted by Crippen LogP contribution is -2.18. The molecule has 0 saturated heterocycles. The molecule has 1 aromatic heterocycles. The molecule has 0 aliphatic carbocycles. The molecule has 1 atom stereocenters. The van der Waals surface area contributed by atoms with Crippen molar-refractivity contribution in [2.75, 3.05) is 6.54 Å². The molecule has 0 amide bonds. The lowest BCUT2D eigenvalue weighted by Gasteiger charge is -2.15. The Balaban J connectivity index is 2.12. The van der Waals surface area contributed by atoms with E-state index in [9.17, 15) is 0 Å². The third kappa shape index (κ3) is 2.69. The number of benzene rings is 2. The van der Waals surface area contributed by atoms with Crippen LogP contribution in [-0.2, 0) is 0 Å². The number of nitrogens with one attached hydrogen (secondary N) is 1. The first-order chi connectivity index (χ1) is 10.2. The van der Waals surface area contributed by atoms with E-state index >= 15 is 0 Å². The van der Waals surface area contributed by atoms with Gasteiger partial charge in [0.1, 0.15) is 5.76 Å². The summed E-state index contributed by atoms with van der Waals surface area (Å²) in [4.78, 5) is 0. The van der Waals surface area contributed by atoms with Gasteiger partial charge in [0.2, 0.25) is 0 Å². The van der Waals surface area contributed by atoms with Gasteiger partial charge in [0.25, 0.3) is 0 Å². The molecule has 1 heterocycles. The van der Waals surface area contributed by atoms with Crippen LogP contribution in [0.2, 0.25) is 5.02 Å². The van der Waals surface area contributed by atoms with Gasteiger partial charge in [0, 0.05) is 17.0 Å². The van der Waals surface area contributed by atoms with Gasteiger partial charge in [-0.2, -0.15) is 0 Å². The molecule has 1 unspecified atom stereocenters. The van der Waals surface area contributed by atoms with Crippen LogP contribution in [0, 0.1) is 0 Å². The van der Waals surface area contributed by atoms with E-state index in [0.717, 1.165) is 28.8 Å². The number of hydrogen-bond acceptors (Lipinski definition) is 2. The van der Waals surface area contributed by atoms with E-state index in [4.69, 9.17) is 16.0 Å². The van der Waals surface area contributed by atoms with Crippen molar-refractivity contribution in [3.8, 4) is 11.3 Å². The van der Waals surface area contributed by atoms with Crippen molar-refractivity contribution >= 4 is 22.6 Å². The average molecular weight is 300 g/mol. The molecule has 0 aliphatic rings. The van der Waals surface area contributed by atoms with Crippen molar-refractivity contribution in [1.29, 1.82) is 0 Å². The molecule has 2 nitrogen and oxygen atoms in total. The summed E-state index contributed by atoms with van der Waals surface area (Å²) in [7, 11) is 0. The summed E-state index contributed by atoms with van der Waals surface area (Å²) in [6.07, 6.45) is 0. The highest BCUT2D eigenvalue weighted by molar-refractivity contribution is 6.34. The summed E-state index contributed by atoms with van der Waals surface area (Å²) in [5.74, 6) is 0.860. The molecule has 2 aromatic carbocycles. The van der Waals surface area contributed by atoms with Crippen molar-refractivity contribution in [2.45, 2.75) is 19.9 Å². The van der Waals surface area contributed by atoms with Crippen molar-refractivity contribution in [1.82, 2.24) is 5.32 Å². The van der Waals surface area contributed by atoms with Crippen LogP contribution in [0.5, 0.6) is 0 Å². The van der Waals surface area contributed by atoms with Crippen molar-refractivity contribution < 1.29 is 4.42 Å². The zero-order valence-electron chi connectivity index (χ0n) is 12.2. The lowest BCUT2D eigenvalue weighted by atomic mass is 9.99. The number of para-hydroxylation sites is 1. The van der Waals surface area contributed by atoms with Crippen molar-refractivity contribution in [2.24, 2.45) is 0 Å². The Kier molecular flexibility index (Phi) is 4.00. The van der Waals surface area contributed by atoms with Crippen LogP contribution < -0.4 is 5.32 Å². The first-order valence-electron chi connectivity index (χ1n) is 7.21. The van der Waals surface area contributed by atoms with E-state index < -0.39 is 0 Å². The maximum absolute atomic E-state index is 6.20. The maximum atomic E-state index is 6.20. The van der Waals surface area contributed by atoms with E-state index in [0.29, 0.717) is 5.02 Å². The van der Waals surface area contributed by atoms with E-state index in [1.165, 1.54) is 5.56 Å². The Hall–Kier alpha value is -1.77. The number of halogens is 1. The molecule has 108 valence electrons. The van der Waals surface area contributed by atoms with Gasteiger partial charge in [0.05, 0.1) is 5.02 Å². The van der Waals surface area contributed by atoms with Crippen LogP contribution in [0.1, 0.15) is 25.5 Å². The van der Waals surface area contributed by atoms with Crippen molar-refractivity contribution in [3.05, 3.63) is 59.1 Å². The van der Waals surface area contributed by atoms with E-state index in [1.54, 1.807) is 0 Å². The van der Waals surface area contributed by atoms with Crippen LogP contribution >= 0.6 is 11.6 Å². The second kappa shape index (κ2) is 5.92. The monoisotopic (exact) mass is 299 g/mol. The molecular weight excluding hydrogens is 282 g/mol. The standard InChI is InChI=1S/C18H18ClNO/c1-3-20-12(2)14-8-4-5-9-15(14)17-11-13-7-6-10-16(19)18(13)21-17/h4-12,20H,3H2,1-2H3. The highest BCUT2D eigenvalue weighted by atomic mass is 35.5. The Morgan fingerprint density at radius 1 is 1.14 bits per heavy atom. The number of rotatable bonds is 4. The number of furan rings is 1. The minimum atomic E-state index is 0.273. The fraction of sp³-hybridized carbons (Fsp3) is 0.222. The Labute approximate surface area is 129 Å². The minimum Gasteiger partial charge on any atom is -0.455 e. The summed E-state index contributed by atoms with van der Waals surface area (Å²) in [6, 6.07) is 16.5. The van der Waals surface area contributed by atoms with E-state index in [1.807, 2.05) is 24.3 Å². The van der Waals surface area contributed by atoms with Gasteiger partial charge in [-0.15, -0.1) is 0 Å². The molecule has 0 aliphatic heterocycles. The number of hydrogen-bond donors (Lipinski definition) is 1. The molecule has 0 bridgehead atoms. The van der Waals surface area contributed by atoms with Crippen LogP contribution in [0.25, 0.3) is 22.3 Å². The van der Waals surface area contributed by atoms with Gasteiger partial charge >= 0.3 is 0 Å². The molecule has 3 heteroatoms. The minimum absolute atomic E-state index is 0.273. The van der Waals surface area contributed by atoms with Crippen molar-refractivity contribution in [3.63, 3.8) is 0 Å². The molecular formula is C18H18ClNO. The first kappa shape index (κ1) is 14.2. The highest BCUT2D eigenvalue weighted by Gasteiger charge is 2.15. The van der Waals surface area contributed by atoms with E-state index in [-0.39, 0.29) is 6.04 Å². The van der Waals surface area contributed by atoms with Gasteiger partial charge in [-0.05, 0) is 31.2 Å². The van der Waals surface area contributed by atoms with Crippen LogP contribution in [0.15, 0.2) is 52.9 Å². The Morgan fingerprint density at radius 3 is 2.71 bits per heavy atom. The second-order valence-electron chi connectivity index (χ2n) is 5.14. The van der Waals surface area contributed by atoms with Gasteiger partial charge < -0.3 is 9.73 Å². The molecule has 3 rings (SSSR count). The van der Waals surface area contributed by atoms with Crippen LogP contribution in [-0.4, -0.2) is 6.54 Å². The molecule has 0 spiro atoms. The zero-order valence-corrected chi connectivity index (χ0v) is 12.9. The number of fused-ring (bicyclic) bond motifs is 1. The highest BCUT2D eigenvalue weighted by Crippen LogP contribution is 2.35. The summed E-state index contributed by atoms with van der Waals surface area (Å²) < 4.78 is 5.99. The SMILES string of the molecule is CCNC(C)c1ccccc1-c1cc2cccc(Cl)c2o1. The summed E-state index contributed by atoms with van der Waals surface area (Å²) in [5.41, 5.74) is 3.09. The summed E-state index contributed by atoms with van der Waals surface area (Å²) in [5, 5.41) is 5.13. The van der Waals surface area contributed by atoms with Gasteiger partial charge in [-0.1, -0.05) is 54.9 Å². The molecule has 21 heavy (non-hydrogen) atoms. The average Bonchev–Trinajstić information content (AvgIpc) is 2.93. The predicted octanol–water partition coefficient (Wildman–Crippen LogP) is 5.42. The topological polar surface area (TPSA) is 25.2 Å². The quantitative estimate of drug-likeness (QED) is 0.695. The van der Waals surface area contributed by atoms with Gasteiger partial charge in [-0.3, -0.25) is 0 Å². The normalized spacial score (nSPS) is 12.7. The molecule has 0 fully saturated rings. The first-order valence-corrected chi connectivity index (χ1v) is 7.59. The second-order valence-corrected chi connectivity index (χ2v) is 5.54. The van der Waals surface area contributed by atoms with E-state index in [2.05, 4.69) is 43.4 Å². The lowest BCUT2D eigenvalue weighted by molar-refractivity contribution is 0.592. The largest absolute Gasteiger partial charge is 0.455 e. The third-order valence-corrected chi connectivity index (χ3v) is 4.00. The summed E-state index contributed by atoms with van der Waals surface area (Å²) in [6.45, 7) is 5.21. The van der Waals surface area contributed by atoms with Crippen LogP contribution in [0.3, 0.4) is 0 Å².